The molecular weight excluding hydrogens is 188 g/mol. The van der Waals surface area contributed by atoms with Gasteiger partial charge in [0.1, 0.15) is 12.4 Å². The molecule has 0 aromatic heterocycles. The zero-order valence-corrected chi connectivity index (χ0v) is 9.41. The number of aliphatic hydroxyl groups excluding tert-OH is 1. The monoisotopic (exact) mass is 208 g/mol. The third-order valence-corrected chi connectivity index (χ3v) is 2.35. The molecule has 0 saturated heterocycles. The zero-order chi connectivity index (χ0) is 10.9. The van der Waals surface area contributed by atoms with Crippen LogP contribution in [-0.4, -0.2) is 18.3 Å². The summed E-state index contributed by atoms with van der Waals surface area (Å²) in [4.78, 5) is 0. The summed E-state index contributed by atoms with van der Waals surface area (Å²) in [6.45, 7) is 2.65. The van der Waals surface area contributed by atoms with Crippen LogP contribution < -0.4 is 4.74 Å². The molecule has 0 radical (unpaired) electrons. The van der Waals surface area contributed by atoms with Crippen molar-refractivity contribution in [1.29, 1.82) is 0 Å². The molecule has 2 nitrogen and oxygen atoms in total. The van der Waals surface area contributed by atoms with Crippen LogP contribution in [0.4, 0.5) is 0 Å². The Labute approximate surface area is 91.9 Å². The Morgan fingerprint density at radius 1 is 1.13 bits per heavy atom. The van der Waals surface area contributed by atoms with Crippen LogP contribution in [0, 0.1) is 0 Å². The second-order valence-corrected chi connectivity index (χ2v) is 3.67. The summed E-state index contributed by atoms with van der Waals surface area (Å²) in [7, 11) is 0. The van der Waals surface area contributed by atoms with E-state index in [0.717, 1.165) is 12.2 Å². The van der Waals surface area contributed by atoms with Gasteiger partial charge in [-0.15, -0.1) is 0 Å². The number of aryl methyl sites for hydroxylation is 1. The van der Waals surface area contributed by atoms with Gasteiger partial charge < -0.3 is 9.84 Å². The molecule has 1 aromatic carbocycles. The van der Waals surface area contributed by atoms with Gasteiger partial charge in [-0.05, 0) is 30.5 Å². The molecule has 0 atom stereocenters. The van der Waals surface area contributed by atoms with E-state index in [0.29, 0.717) is 6.61 Å². The van der Waals surface area contributed by atoms with Crippen LogP contribution in [0.1, 0.15) is 31.7 Å². The van der Waals surface area contributed by atoms with Crippen molar-refractivity contribution in [2.24, 2.45) is 0 Å². The normalized spacial score (nSPS) is 10.3. The summed E-state index contributed by atoms with van der Waals surface area (Å²) in [5.74, 6) is 0.836. The fourth-order valence-corrected chi connectivity index (χ4v) is 1.49. The molecule has 2 heteroatoms. The molecule has 1 rings (SSSR count). The first-order valence-electron chi connectivity index (χ1n) is 5.69. The van der Waals surface area contributed by atoms with E-state index in [-0.39, 0.29) is 6.61 Å². The minimum atomic E-state index is 0.0677. The van der Waals surface area contributed by atoms with Crippen LogP contribution in [0.3, 0.4) is 0 Å². The lowest BCUT2D eigenvalue weighted by atomic mass is 10.1. The number of rotatable bonds is 7. The van der Waals surface area contributed by atoms with Crippen molar-refractivity contribution in [1.82, 2.24) is 0 Å². The number of benzene rings is 1. The molecule has 1 N–H and O–H groups in total. The van der Waals surface area contributed by atoms with Crippen LogP contribution in [0.15, 0.2) is 24.3 Å². The van der Waals surface area contributed by atoms with Crippen molar-refractivity contribution in [2.45, 2.75) is 32.6 Å². The summed E-state index contributed by atoms with van der Waals surface area (Å²) in [5, 5.41) is 8.60. The minimum absolute atomic E-state index is 0.0677. The minimum Gasteiger partial charge on any atom is -0.491 e. The molecule has 0 saturated carbocycles. The number of ether oxygens (including phenoxy) is 1. The summed E-state index contributed by atoms with van der Waals surface area (Å²) < 4.78 is 5.29. The first-order valence-corrected chi connectivity index (χ1v) is 5.69. The number of aliphatic hydroxyl groups is 1. The molecule has 0 heterocycles. The van der Waals surface area contributed by atoms with Gasteiger partial charge in [0.25, 0.3) is 0 Å². The fourth-order valence-electron chi connectivity index (χ4n) is 1.49. The lowest BCUT2D eigenvalue weighted by molar-refractivity contribution is 0.201. The lowest BCUT2D eigenvalue weighted by Crippen LogP contribution is -2.01. The molecule has 0 aliphatic heterocycles. The maximum Gasteiger partial charge on any atom is 0.119 e. The van der Waals surface area contributed by atoms with E-state index in [1.165, 1.54) is 24.8 Å². The van der Waals surface area contributed by atoms with E-state index in [1.54, 1.807) is 0 Å². The Hall–Kier alpha value is -1.02. The third kappa shape index (κ3) is 4.84. The van der Waals surface area contributed by atoms with Gasteiger partial charge in [0.05, 0.1) is 6.61 Å². The quantitative estimate of drug-likeness (QED) is 0.698. The van der Waals surface area contributed by atoms with Crippen LogP contribution in [0.5, 0.6) is 5.75 Å². The Morgan fingerprint density at radius 2 is 1.87 bits per heavy atom. The molecule has 84 valence electrons. The average Bonchev–Trinajstić information content (AvgIpc) is 2.28. The summed E-state index contributed by atoms with van der Waals surface area (Å²) in [6.07, 6.45) is 4.96. The van der Waals surface area contributed by atoms with Gasteiger partial charge in [0, 0.05) is 0 Å². The second kappa shape index (κ2) is 7.30. The number of hydrogen-bond acceptors (Lipinski definition) is 2. The predicted molar refractivity (Wildman–Crippen MR) is 62.3 cm³/mol. The van der Waals surface area contributed by atoms with Gasteiger partial charge in [-0.3, -0.25) is 0 Å². The second-order valence-electron chi connectivity index (χ2n) is 3.67. The first kappa shape index (κ1) is 12.1. The molecule has 0 fully saturated rings. The number of unbranched alkanes of at least 4 members (excludes halogenated alkanes) is 2. The van der Waals surface area contributed by atoms with Crippen LogP contribution in [0.2, 0.25) is 0 Å². The Balaban J connectivity index is 2.35. The van der Waals surface area contributed by atoms with Crippen molar-refractivity contribution in [3.05, 3.63) is 29.8 Å². The van der Waals surface area contributed by atoms with E-state index in [4.69, 9.17) is 9.84 Å². The first-order chi connectivity index (χ1) is 7.36. The molecule has 1 aromatic rings. The van der Waals surface area contributed by atoms with E-state index in [1.807, 2.05) is 12.1 Å². The highest BCUT2D eigenvalue weighted by molar-refractivity contribution is 5.27. The average molecular weight is 208 g/mol. The topological polar surface area (TPSA) is 29.5 Å². The Morgan fingerprint density at radius 3 is 2.47 bits per heavy atom. The Kier molecular flexibility index (Phi) is 5.86. The number of hydrogen-bond donors (Lipinski definition) is 1. The van der Waals surface area contributed by atoms with Crippen LogP contribution in [-0.2, 0) is 6.42 Å². The fraction of sp³-hybridized carbons (Fsp3) is 0.538. The van der Waals surface area contributed by atoms with Crippen molar-refractivity contribution < 1.29 is 9.84 Å². The summed E-state index contributed by atoms with van der Waals surface area (Å²) >= 11 is 0. The standard InChI is InChI=1S/C13H20O2/c1-2-3-4-5-12-6-8-13(9-7-12)15-11-10-14/h6-9,14H,2-5,10-11H2,1H3. The molecule has 0 amide bonds. The Bertz CT molecular complexity index is 254. The SMILES string of the molecule is CCCCCc1ccc(OCCO)cc1. The lowest BCUT2D eigenvalue weighted by Gasteiger charge is -2.05. The summed E-state index contributed by atoms with van der Waals surface area (Å²) in [6, 6.07) is 8.14. The van der Waals surface area contributed by atoms with Gasteiger partial charge in [0.15, 0.2) is 0 Å². The van der Waals surface area contributed by atoms with Gasteiger partial charge in [-0.25, -0.2) is 0 Å². The van der Waals surface area contributed by atoms with Crippen molar-refractivity contribution >= 4 is 0 Å². The third-order valence-electron chi connectivity index (χ3n) is 2.35. The van der Waals surface area contributed by atoms with Crippen LogP contribution in [0.25, 0.3) is 0 Å². The van der Waals surface area contributed by atoms with E-state index in [2.05, 4.69) is 19.1 Å². The zero-order valence-electron chi connectivity index (χ0n) is 9.41. The molecule has 0 aliphatic carbocycles. The van der Waals surface area contributed by atoms with Crippen molar-refractivity contribution in [2.75, 3.05) is 13.2 Å². The smallest absolute Gasteiger partial charge is 0.119 e. The van der Waals surface area contributed by atoms with Crippen molar-refractivity contribution in [3.63, 3.8) is 0 Å². The van der Waals surface area contributed by atoms with E-state index < -0.39 is 0 Å². The summed E-state index contributed by atoms with van der Waals surface area (Å²) in [5.41, 5.74) is 1.36. The molecule has 0 unspecified atom stereocenters. The van der Waals surface area contributed by atoms with Gasteiger partial charge in [-0.1, -0.05) is 31.9 Å². The van der Waals surface area contributed by atoms with Gasteiger partial charge in [-0.2, -0.15) is 0 Å². The molecule has 15 heavy (non-hydrogen) atoms. The highest BCUT2D eigenvalue weighted by atomic mass is 16.5. The largest absolute Gasteiger partial charge is 0.491 e. The van der Waals surface area contributed by atoms with Crippen molar-refractivity contribution in [3.8, 4) is 5.75 Å². The molecule has 0 aliphatic rings. The predicted octanol–water partition coefficient (Wildman–Crippen LogP) is 2.79. The maximum atomic E-state index is 8.60. The molecular formula is C13H20O2. The van der Waals surface area contributed by atoms with E-state index >= 15 is 0 Å². The highest BCUT2D eigenvalue weighted by Crippen LogP contribution is 2.14. The van der Waals surface area contributed by atoms with Gasteiger partial charge in [0.2, 0.25) is 0 Å². The van der Waals surface area contributed by atoms with Gasteiger partial charge >= 0.3 is 0 Å². The molecule has 0 spiro atoms. The maximum absolute atomic E-state index is 8.60. The van der Waals surface area contributed by atoms with Crippen LogP contribution >= 0.6 is 0 Å². The highest BCUT2D eigenvalue weighted by Gasteiger charge is 1.95. The molecule has 0 bridgehead atoms. The van der Waals surface area contributed by atoms with E-state index in [9.17, 15) is 0 Å².